The number of aliphatic hydroxyl groups excluding tert-OH is 1. The molecule has 0 aliphatic heterocycles. The van der Waals surface area contributed by atoms with Gasteiger partial charge in [-0.05, 0) is 65.7 Å². The van der Waals surface area contributed by atoms with E-state index < -0.39 is 17.8 Å². The number of amides is 1. The molecule has 0 spiro atoms. The first-order chi connectivity index (χ1) is 14.1. The number of carbonyl (C=O) groups is 1. The van der Waals surface area contributed by atoms with Crippen molar-refractivity contribution in [3.05, 3.63) is 29.8 Å². The van der Waals surface area contributed by atoms with Gasteiger partial charge in [0.2, 0.25) is 0 Å². The molecule has 4 N–H and O–H groups in total. The lowest BCUT2D eigenvalue weighted by Crippen LogP contribution is -2.39. The summed E-state index contributed by atoms with van der Waals surface area (Å²) < 4.78 is 10.8. The number of aliphatic imine (C=N–C) groups is 1. The van der Waals surface area contributed by atoms with Crippen molar-refractivity contribution >= 4 is 12.1 Å². The molecule has 0 aliphatic carbocycles. The van der Waals surface area contributed by atoms with E-state index in [0.29, 0.717) is 32.0 Å². The van der Waals surface area contributed by atoms with Gasteiger partial charge in [-0.3, -0.25) is 4.99 Å². The lowest BCUT2D eigenvalue weighted by atomic mass is 10.1. The van der Waals surface area contributed by atoms with E-state index in [2.05, 4.69) is 20.9 Å². The van der Waals surface area contributed by atoms with Gasteiger partial charge in [-0.15, -0.1) is 0 Å². The quantitative estimate of drug-likeness (QED) is 0.263. The Hall–Kier alpha value is -2.48. The Balaban J connectivity index is 2.43. The third-order valence-electron chi connectivity index (χ3n) is 3.72. The van der Waals surface area contributed by atoms with E-state index in [1.165, 1.54) is 0 Å². The molecule has 0 aliphatic rings. The molecule has 1 rings (SSSR count). The van der Waals surface area contributed by atoms with Gasteiger partial charge in [0.15, 0.2) is 5.96 Å². The van der Waals surface area contributed by atoms with Gasteiger partial charge in [0, 0.05) is 19.6 Å². The van der Waals surface area contributed by atoms with Gasteiger partial charge >= 0.3 is 6.09 Å². The molecule has 30 heavy (non-hydrogen) atoms. The number of ether oxygens (including phenoxy) is 2. The normalized spacial score (nSPS) is 13.0. The number of nitrogens with zero attached hydrogens (tertiary/aromatic N) is 1. The zero-order valence-electron chi connectivity index (χ0n) is 19.1. The molecule has 1 amide bonds. The lowest BCUT2D eigenvalue weighted by molar-refractivity contribution is 0.0527. The summed E-state index contributed by atoms with van der Waals surface area (Å²) in [6.45, 7) is 13.5. The maximum atomic E-state index is 11.6. The van der Waals surface area contributed by atoms with Crippen LogP contribution in [-0.2, 0) is 4.74 Å². The van der Waals surface area contributed by atoms with Crippen molar-refractivity contribution in [2.75, 3.05) is 26.2 Å². The van der Waals surface area contributed by atoms with Crippen LogP contribution in [0, 0.1) is 0 Å². The molecule has 0 radical (unpaired) electrons. The number of alkyl carbamates (subject to hydrolysis) is 1. The highest BCUT2D eigenvalue weighted by molar-refractivity contribution is 5.79. The molecule has 8 nitrogen and oxygen atoms in total. The van der Waals surface area contributed by atoms with E-state index in [9.17, 15) is 9.90 Å². The minimum absolute atomic E-state index is 0.110. The maximum Gasteiger partial charge on any atom is 0.407 e. The average Bonchev–Trinajstić information content (AvgIpc) is 2.64. The van der Waals surface area contributed by atoms with Gasteiger partial charge < -0.3 is 30.5 Å². The summed E-state index contributed by atoms with van der Waals surface area (Å²) in [7, 11) is 0. The first-order valence-electron chi connectivity index (χ1n) is 10.5. The van der Waals surface area contributed by atoms with Crippen LogP contribution in [0.5, 0.6) is 5.75 Å². The van der Waals surface area contributed by atoms with Crippen LogP contribution in [0.3, 0.4) is 0 Å². The molecule has 0 aromatic heterocycles. The highest BCUT2D eigenvalue weighted by Crippen LogP contribution is 2.19. The molecule has 0 saturated heterocycles. The van der Waals surface area contributed by atoms with Crippen LogP contribution in [0.2, 0.25) is 0 Å². The van der Waals surface area contributed by atoms with E-state index >= 15 is 0 Å². The maximum absolute atomic E-state index is 11.6. The number of aliphatic hydroxyl groups is 1. The number of rotatable bonds is 10. The van der Waals surface area contributed by atoms with Gasteiger partial charge in [0.1, 0.15) is 11.4 Å². The van der Waals surface area contributed by atoms with Gasteiger partial charge in [-0.2, -0.15) is 0 Å². The van der Waals surface area contributed by atoms with Crippen LogP contribution in [0.1, 0.15) is 59.6 Å². The fourth-order valence-electron chi connectivity index (χ4n) is 2.47. The summed E-state index contributed by atoms with van der Waals surface area (Å²) in [4.78, 5) is 16.1. The van der Waals surface area contributed by atoms with E-state index in [4.69, 9.17) is 9.47 Å². The van der Waals surface area contributed by atoms with E-state index in [1.807, 2.05) is 65.8 Å². The van der Waals surface area contributed by atoms with Crippen molar-refractivity contribution in [2.45, 2.75) is 65.8 Å². The Labute approximate surface area is 180 Å². The molecule has 1 aromatic carbocycles. The number of guanidine groups is 1. The van der Waals surface area contributed by atoms with Crippen LogP contribution < -0.4 is 20.7 Å². The molecule has 1 atom stereocenters. The predicted octanol–water partition coefficient (Wildman–Crippen LogP) is 2.98. The molecule has 8 heteroatoms. The fourth-order valence-corrected chi connectivity index (χ4v) is 2.47. The Bertz CT molecular complexity index is 654. The van der Waals surface area contributed by atoms with E-state index in [0.717, 1.165) is 11.3 Å². The summed E-state index contributed by atoms with van der Waals surface area (Å²) in [5, 5.41) is 19.5. The molecular weight excluding hydrogens is 384 g/mol. The first kappa shape index (κ1) is 25.6. The number of hydrogen-bond donors (Lipinski definition) is 4. The summed E-state index contributed by atoms with van der Waals surface area (Å²) in [6.07, 6.45) is -0.305. The zero-order valence-corrected chi connectivity index (χ0v) is 19.1. The summed E-state index contributed by atoms with van der Waals surface area (Å²) in [5.41, 5.74) is 0.280. The smallest absolute Gasteiger partial charge is 0.407 e. The number of nitrogens with one attached hydrogen (secondary N) is 3. The third-order valence-corrected chi connectivity index (χ3v) is 3.72. The number of benzene rings is 1. The van der Waals surface area contributed by atoms with E-state index in [1.54, 1.807) is 0 Å². The Kier molecular flexibility index (Phi) is 11.0. The highest BCUT2D eigenvalue weighted by atomic mass is 16.6. The Morgan fingerprint density at radius 1 is 1.10 bits per heavy atom. The van der Waals surface area contributed by atoms with Crippen molar-refractivity contribution in [1.82, 2.24) is 16.0 Å². The molecule has 0 bridgehead atoms. The fraction of sp³-hybridized carbons (Fsp3) is 0.636. The third kappa shape index (κ3) is 11.5. The molecule has 0 fully saturated rings. The average molecular weight is 423 g/mol. The minimum atomic E-state index is -0.706. The summed E-state index contributed by atoms with van der Waals surface area (Å²) in [6, 6.07) is 7.40. The SMILES string of the molecule is CCNC(=NCC(O)c1ccc(OC(C)C)cc1)NCCCNC(=O)OC(C)(C)C. The highest BCUT2D eigenvalue weighted by Gasteiger charge is 2.15. The number of carbonyl (C=O) groups excluding carboxylic acids is 1. The lowest BCUT2D eigenvalue weighted by Gasteiger charge is -2.19. The van der Waals surface area contributed by atoms with Crippen LogP contribution in [-0.4, -0.2) is 55.0 Å². The van der Waals surface area contributed by atoms with Crippen molar-refractivity contribution in [3.63, 3.8) is 0 Å². The molecule has 0 saturated carbocycles. The van der Waals surface area contributed by atoms with Gasteiger partial charge in [0.05, 0.1) is 18.8 Å². The molecule has 0 heterocycles. The Morgan fingerprint density at radius 2 is 1.73 bits per heavy atom. The first-order valence-corrected chi connectivity index (χ1v) is 10.5. The standard InChI is InChI=1S/C22H38N4O4/c1-7-23-20(24-13-8-14-25-21(28)30-22(4,5)6)26-15-19(27)17-9-11-18(12-10-17)29-16(2)3/h9-12,16,19,27H,7-8,13-15H2,1-6H3,(H,25,28)(H2,23,24,26). The second kappa shape index (κ2) is 13.0. The second-order valence-electron chi connectivity index (χ2n) is 8.18. The topological polar surface area (TPSA) is 104 Å². The molecular formula is C22H38N4O4. The van der Waals surface area contributed by atoms with Gasteiger partial charge in [-0.1, -0.05) is 12.1 Å². The second-order valence-corrected chi connectivity index (χ2v) is 8.18. The minimum Gasteiger partial charge on any atom is -0.491 e. The van der Waals surface area contributed by atoms with Crippen LogP contribution in [0.15, 0.2) is 29.3 Å². The van der Waals surface area contributed by atoms with Crippen molar-refractivity contribution in [2.24, 2.45) is 4.99 Å². The predicted molar refractivity (Wildman–Crippen MR) is 120 cm³/mol. The Morgan fingerprint density at radius 3 is 2.30 bits per heavy atom. The zero-order chi connectivity index (χ0) is 22.6. The summed E-state index contributed by atoms with van der Waals surface area (Å²) >= 11 is 0. The molecule has 1 unspecified atom stereocenters. The van der Waals surface area contributed by atoms with Crippen molar-refractivity contribution in [3.8, 4) is 5.75 Å². The van der Waals surface area contributed by atoms with Crippen LogP contribution >= 0.6 is 0 Å². The largest absolute Gasteiger partial charge is 0.491 e. The van der Waals surface area contributed by atoms with Gasteiger partial charge in [-0.25, -0.2) is 4.79 Å². The number of hydrogen-bond acceptors (Lipinski definition) is 5. The van der Waals surface area contributed by atoms with Crippen molar-refractivity contribution < 1.29 is 19.4 Å². The van der Waals surface area contributed by atoms with Crippen LogP contribution in [0.25, 0.3) is 0 Å². The summed E-state index contributed by atoms with van der Waals surface area (Å²) in [5.74, 6) is 1.40. The van der Waals surface area contributed by atoms with Crippen LogP contribution in [0.4, 0.5) is 4.79 Å². The molecule has 170 valence electrons. The molecule has 1 aromatic rings. The van der Waals surface area contributed by atoms with Gasteiger partial charge in [0.25, 0.3) is 0 Å². The van der Waals surface area contributed by atoms with Crippen molar-refractivity contribution in [1.29, 1.82) is 0 Å². The van der Waals surface area contributed by atoms with E-state index in [-0.39, 0.29) is 12.6 Å². The monoisotopic (exact) mass is 422 g/mol.